The number of rotatable bonds is 7. The Morgan fingerprint density at radius 3 is 2.83 bits per heavy atom. The zero-order valence-electron chi connectivity index (χ0n) is 13.4. The predicted octanol–water partition coefficient (Wildman–Crippen LogP) is 3.16. The lowest BCUT2D eigenvalue weighted by Crippen LogP contribution is -2.25. The third-order valence-electron chi connectivity index (χ3n) is 4.10. The molecular formula is C18H22FNO3. The van der Waals surface area contributed by atoms with Crippen molar-refractivity contribution in [3.05, 3.63) is 23.5 Å². The molecule has 1 aromatic rings. The molecule has 2 rings (SSSR count). The average molecular weight is 319 g/mol. The first kappa shape index (κ1) is 17.1. The molecular weight excluding hydrogens is 297 g/mol. The van der Waals surface area contributed by atoms with Crippen molar-refractivity contribution < 1.29 is 18.7 Å². The molecule has 1 aliphatic carbocycles. The van der Waals surface area contributed by atoms with E-state index in [4.69, 9.17) is 15.9 Å². The van der Waals surface area contributed by atoms with Gasteiger partial charge in [0.2, 0.25) is 0 Å². The summed E-state index contributed by atoms with van der Waals surface area (Å²) in [5.41, 5.74) is 0.207. The van der Waals surface area contributed by atoms with Gasteiger partial charge in [0, 0.05) is 12.1 Å². The van der Waals surface area contributed by atoms with Gasteiger partial charge in [0.15, 0.2) is 17.3 Å². The third-order valence-corrected chi connectivity index (χ3v) is 4.10. The number of methoxy groups -OCH3 is 1. The lowest BCUT2D eigenvalue weighted by atomic mass is 10.0. The van der Waals surface area contributed by atoms with Gasteiger partial charge in [0.1, 0.15) is 6.61 Å². The van der Waals surface area contributed by atoms with E-state index in [1.165, 1.54) is 38.9 Å². The summed E-state index contributed by atoms with van der Waals surface area (Å²) in [6.45, 7) is 0.531. The van der Waals surface area contributed by atoms with E-state index in [0.29, 0.717) is 12.5 Å². The molecule has 0 heterocycles. The Kier molecular flexibility index (Phi) is 6.28. The quantitative estimate of drug-likeness (QED) is 0.785. The topological polar surface area (TPSA) is 47.6 Å². The van der Waals surface area contributed by atoms with Crippen LogP contribution in [-0.4, -0.2) is 26.2 Å². The van der Waals surface area contributed by atoms with Gasteiger partial charge in [-0.05, 0) is 24.5 Å². The molecule has 0 unspecified atom stereocenters. The molecule has 1 saturated carbocycles. The molecule has 0 spiro atoms. The van der Waals surface area contributed by atoms with Gasteiger partial charge in [-0.25, -0.2) is 4.39 Å². The maximum atomic E-state index is 14.1. The molecule has 4 nitrogen and oxygen atoms in total. The van der Waals surface area contributed by atoms with Crippen LogP contribution in [0.4, 0.5) is 4.39 Å². The van der Waals surface area contributed by atoms with Gasteiger partial charge in [0.25, 0.3) is 5.91 Å². The van der Waals surface area contributed by atoms with Crippen molar-refractivity contribution >= 4 is 5.91 Å². The summed E-state index contributed by atoms with van der Waals surface area (Å²) in [6.07, 6.45) is 11.1. The van der Waals surface area contributed by atoms with Gasteiger partial charge >= 0.3 is 0 Å². The van der Waals surface area contributed by atoms with E-state index in [2.05, 4.69) is 11.2 Å². The molecule has 0 aromatic heterocycles. The Bertz CT molecular complexity index is 589. The molecule has 0 bridgehead atoms. The Morgan fingerprint density at radius 2 is 2.17 bits per heavy atom. The van der Waals surface area contributed by atoms with Crippen molar-refractivity contribution in [3.8, 4) is 23.8 Å². The van der Waals surface area contributed by atoms with E-state index >= 15 is 0 Å². The molecule has 23 heavy (non-hydrogen) atoms. The van der Waals surface area contributed by atoms with Crippen LogP contribution in [0.25, 0.3) is 0 Å². The van der Waals surface area contributed by atoms with Crippen LogP contribution >= 0.6 is 0 Å². The van der Waals surface area contributed by atoms with Crippen molar-refractivity contribution in [2.75, 3.05) is 20.3 Å². The van der Waals surface area contributed by atoms with E-state index in [-0.39, 0.29) is 29.6 Å². The van der Waals surface area contributed by atoms with Gasteiger partial charge in [0.05, 0.1) is 7.11 Å². The normalized spacial score (nSPS) is 14.3. The number of amides is 1. The zero-order valence-corrected chi connectivity index (χ0v) is 13.4. The highest BCUT2D eigenvalue weighted by atomic mass is 19.1. The predicted molar refractivity (Wildman–Crippen MR) is 86.2 cm³/mol. The summed E-state index contributed by atoms with van der Waals surface area (Å²) in [5.74, 6) is 2.05. The van der Waals surface area contributed by atoms with E-state index in [1.807, 2.05) is 0 Å². The van der Waals surface area contributed by atoms with E-state index in [1.54, 1.807) is 0 Å². The maximum absolute atomic E-state index is 14.1. The molecule has 1 fully saturated rings. The Labute approximate surface area is 136 Å². The molecule has 124 valence electrons. The van der Waals surface area contributed by atoms with Crippen molar-refractivity contribution in [1.82, 2.24) is 5.32 Å². The van der Waals surface area contributed by atoms with Crippen LogP contribution in [0.2, 0.25) is 0 Å². The summed E-state index contributed by atoms with van der Waals surface area (Å²) < 4.78 is 24.3. The van der Waals surface area contributed by atoms with Crippen LogP contribution in [0.5, 0.6) is 11.5 Å². The summed E-state index contributed by atoms with van der Waals surface area (Å²) in [6, 6.07) is 2.60. The minimum absolute atomic E-state index is 0.0692. The molecule has 0 atom stereocenters. The smallest absolute Gasteiger partial charge is 0.251 e. The first-order valence-electron chi connectivity index (χ1n) is 7.87. The van der Waals surface area contributed by atoms with Crippen LogP contribution in [0, 0.1) is 24.1 Å². The third kappa shape index (κ3) is 4.62. The number of nitrogens with one attached hydrogen (secondary N) is 1. The Balaban J connectivity index is 1.99. The van der Waals surface area contributed by atoms with Crippen LogP contribution < -0.4 is 14.8 Å². The van der Waals surface area contributed by atoms with Crippen molar-refractivity contribution in [2.24, 2.45) is 5.92 Å². The van der Waals surface area contributed by atoms with Crippen LogP contribution in [-0.2, 0) is 0 Å². The van der Waals surface area contributed by atoms with Crippen LogP contribution in [0.1, 0.15) is 42.5 Å². The van der Waals surface area contributed by atoms with Crippen molar-refractivity contribution in [3.63, 3.8) is 0 Å². The fourth-order valence-corrected chi connectivity index (χ4v) is 2.90. The van der Waals surface area contributed by atoms with Gasteiger partial charge in [-0.3, -0.25) is 4.79 Å². The summed E-state index contributed by atoms with van der Waals surface area (Å²) in [7, 11) is 1.39. The van der Waals surface area contributed by atoms with E-state index in [0.717, 1.165) is 12.5 Å². The lowest BCUT2D eigenvalue weighted by Gasteiger charge is -2.13. The van der Waals surface area contributed by atoms with Crippen molar-refractivity contribution in [1.29, 1.82) is 0 Å². The molecule has 1 N–H and O–H groups in total. The van der Waals surface area contributed by atoms with Crippen molar-refractivity contribution in [2.45, 2.75) is 32.1 Å². The summed E-state index contributed by atoms with van der Waals surface area (Å²) in [5, 5.41) is 2.83. The largest absolute Gasteiger partial charge is 0.493 e. The summed E-state index contributed by atoms with van der Waals surface area (Å²) >= 11 is 0. The molecule has 1 aliphatic rings. The zero-order chi connectivity index (χ0) is 16.7. The number of hydrogen-bond donors (Lipinski definition) is 1. The Hall–Kier alpha value is -2.22. The number of carbonyl (C=O) groups excluding carboxylic acids is 1. The molecule has 0 aliphatic heterocycles. The highest BCUT2D eigenvalue weighted by Crippen LogP contribution is 2.32. The first-order valence-corrected chi connectivity index (χ1v) is 7.87. The summed E-state index contributed by atoms with van der Waals surface area (Å²) in [4.78, 5) is 12.2. The highest BCUT2D eigenvalue weighted by molar-refractivity contribution is 5.94. The maximum Gasteiger partial charge on any atom is 0.251 e. The first-order chi connectivity index (χ1) is 11.2. The second-order valence-electron chi connectivity index (χ2n) is 5.68. The Morgan fingerprint density at radius 1 is 1.43 bits per heavy atom. The monoisotopic (exact) mass is 319 g/mol. The minimum atomic E-state index is -0.666. The fraction of sp³-hybridized carbons (Fsp3) is 0.500. The second-order valence-corrected chi connectivity index (χ2v) is 5.68. The molecule has 1 aromatic carbocycles. The molecule has 1 amide bonds. The SMILES string of the molecule is C#CCOc1c(F)cc(C(=O)NCCC2CCCC2)cc1OC. The number of halogens is 1. The molecule has 5 heteroatoms. The number of benzene rings is 1. The van der Waals surface area contributed by atoms with Gasteiger partial charge in [-0.1, -0.05) is 31.6 Å². The number of hydrogen-bond acceptors (Lipinski definition) is 3. The van der Waals surface area contributed by atoms with Gasteiger partial charge < -0.3 is 14.8 Å². The minimum Gasteiger partial charge on any atom is -0.493 e. The highest BCUT2D eigenvalue weighted by Gasteiger charge is 2.18. The lowest BCUT2D eigenvalue weighted by molar-refractivity contribution is 0.0950. The van der Waals surface area contributed by atoms with Gasteiger partial charge in [-0.15, -0.1) is 6.42 Å². The fourth-order valence-electron chi connectivity index (χ4n) is 2.90. The average Bonchev–Trinajstić information content (AvgIpc) is 3.06. The standard InChI is InChI=1S/C18H22FNO3/c1-3-10-23-17-15(19)11-14(12-16(17)22-2)18(21)20-9-8-13-6-4-5-7-13/h1,11-13H,4-10H2,2H3,(H,20,21). The second kappa shape index (κ2) is 8.42. The van der Waals surface area contributed by atoms with E-state index in [9.17, 15) is 9.18 Å². The van der Waals surface area contributed by atoms with Crippen LogP contribution in [0.3, 0.4) is 0 Å². The number of ether oxygens (including phenoxy) is 2. The molecule has 0 saturated heterocycles. The number of carbonyl (C=O) groups is 1. The van der Waals surface area contributed by atoms with E-state index < -0.39 is 5.82 Å². The van der Waals surface area contributed by atoms with Crippen LogP contribution in [0.15, 0.2) is 12.1 Å². The number of terminal acetylenes is 1. The molecule has 0 radical (unpaired) electrons. The van der Waals surface area contributed by atoms with Gasteiger partial charge in [-0.2, -0.15) is 0 Å².